The third-order valence-corrected chi connectivity index (χ3v) is 2.71. The Balaban J connectivity index is 2.19. The summed E-state index contributed by atoms with van der Waals surface area (Å²) in [5.41, 5.74) is 7.98. The molecule has 5 heteroatoms. The second-order valence-electron chi connectivity index (χ2n) is 3.65. The number of hydrogen-bond donors (Lipinski definition) is 3. The van der Waals surface area contributed by atoms with Crippen LogP contribution in [0.4, 0.5) is 0 Å². The molecule has 17 heavy (non-hydrogen) atoms. The Morgan fingerprint density at radius 3 is 2.65 bits per heavy atom. The Hall–Kier alpha value is -1.59. The van der Waals surface area contributed by atoms with E-state index in [0.29, 0.717) is 11.7 Å². The zero-order valence-electron chi connectivity index (χ0n) is 9.57. The third kappa shape index (κ3) is 2.75. The van der Waals surface area contributed by atoms with Crippen LogP contribution in [0.2, 0.25) is 0 Å². The van der Waals surface area contributed by atoms with Crippen LogP contribution in [0, 0.1) is 0 Å². The molecule has 0 aromatic heterocycles. The summed E-state index contributed by atoms with van der Waals surface area (Å²) in [6.07, 6.45) is 1.56. The Labute approximate surface area is 106 Å². The van der Waals surface area contributed by atoms with E-state index >= 15 is 0 Å². The Morgan fingerprint density at radius 2 is 2.06 bits per heavy atom. The minimum absolute atomic E-state index is 0.276. The van der Waals surface area contributed by atoms with Crippen LogP contribution in [0.15, 0.2) is 30.5 Å². The molecule has 0 saturated heterocycles. The van der Waals surface area contributed by atoms with Gasteiger partial charge in [0.25, 0.3) is 0 Å². The topological polar surface area (TPSA) is 59.3 Å². The quantitative estimate of drug-likeness (QED) is 0.702. The third-order valence-electron chi connectivity index (χ3n) is 2.48. The highest BCUT2D eigenvalue weighted by Crippen LogP contribution is 2.20. The molecule has 0 amide bonds. The minimum Gasteiger partial charge on any atom is -0.494 e. The van der Waals surface area contributed by atoms with E-state index < -0.39 is 0 Å². The second kappa shape index (κ2) is 5.16. The summed E-state index contributed by atoms with van der Waals surface area (Å²) >= 11 is 4.97. The SMILES string of the molecule is CCOc1ccc(C2=CNC(=S)NC2N)cc1. The van der Waals surface area contributed by atoms with Crippen LogP contribution in [0.1, 0.15) is 12.5 Å². The molecule has 0 aliphatic carbocycles. The maximum absolute atomic E-state index is 5.96. The lowest BCUT2D eigenvalue weighted by molar-refractivity contribution is 0.340. The van der Waals surface area contributed by atoms with Crippen LogP contribution >= 0.6 is 12.2 Å². The first kappa shape index (κ1) is 11.9. The summed E-state index contributed by atoms with van der Waals surface area (Å²) in [4.78, 5) is 0. The molecule has 1 atom stereocenters. The van der Waals surface area contributed by atoms with Gasteiger partial charge < -0.3 is 21.1 Å². The lowest BCUT2D eigenvalue weighted by Crippen LogP contribution is -2.49. The van der Waals surface area contributed by atoms with Gasteiger partial charge in [0.05, 0.1) is 6.61 Å². The molecule has 1 heterocycles. The molecule has 1 aromatic carbocycles. The molecule has 0 saturated carbocycles. The van der Waals surface area contributed by atoms with Gasteiger partial charge in [0.1, 0.15) is 11.9 Å². The number of thiocarbonyl (C=S) groups is 1. The lowest BCUT2D eigenvalue weighted by Gasteiger charge is -2.24. The first-order valence-corrected chi connectivity index (χ1v) is 5.87. The summed E-state index contributed by atoms with van der Waals surface area (Å²) in [5.74, 6) is 0.859. The largest absolute Gasteiger partial charge is 0.494 e. The first-order valence-electron chi connectivity index (χ1n) is 5.46. The van der Waals surface area contributed by atoms with Crippen molar-refractivity contribution in [2.24, 2.45) is 5.73 Å². The summed E-state index contributed by atoms with van der Waals surface area (Å²) in [7, 11) is 0. The zero-order valence-corrected chi connectivity index (χ0v) is 10.4. The molecule has 1 aromatic rings. The maximum atomic E-state index is 5.96. The van der Waals surface area contributed by atoms with E-state index in [1.165, 1.54) is 0 Å². The molecule has 1 aliphatic rings. The molecule has 4 N–H and O–H groups in total. The smallest absolute Gasteiger partial charge is 0.171 e. The van der Waals surface area contributed by atoms with Gasteiger partial charge in [-0.25, -0.2) is 0 Å². The molecular weight excluding hydrogens is 234 g/mol. The van der Waals surface area contributed by atoms with E-state index in [1.807, 2.05) is 37.4 Å². The highest BCUT2D eigenvalue weighted by Gasteiger charge is 2.16. The molecule has 0 fully saturated rings. The fraction of sp³-hybridized carbons (Fsp3) is 0.250. The number of hydrogen-bond acceptors (Lipinski definition) is 3. The van der Waals surface area contributed by atoms with Gasteiger partial charge in [-0.3, -0.25) is 0 Å². The summed E-state index contributed by atoms with van der Waals surface area (Å²) in [5, 5.41) is 6.46. The van der Waals surface area contributed by atoms with Crippen molar-refractivity contribution >= 4 is 22.9 Å². The van der Waals surface area contributed by atoms with Gasteiger partial charge in [-0.1, -0.05) is 12.1 Å². The van der Waals surface area contributed by atoms with Crippen molar-refractivity contribution in [3.8, 4) is 5.75 Å². The van der Waals surface area contributed by atoms with Crippen molar-refractivity contribution in [3.63, 3.8) is 0 Å². The van der Waals surface area contributed by atoms with Crippen molar-refractivity contribution in [3.05, 3.63) is 36.0 Å². The highest BCUT2D eigenvalue weighted by atomic mass is 32.1. The Morgan fingerprint density at radius 1 is 1.35 bits per heavy atom. The average Bonchev–Trinajstić information content (AvgIpc) is 2.31. The molecule has 0 radical (unpaired) electrons. The molecule has 4 nitrogen and oxygen atoms in total. The van der Waals surface area contributed by atoms with Gasteiger partial charge in [-0.05, 0) is 36.8 Å². The number of nitrogens with two attached hydrogens (primary N) is 1. The second-order valence-corrected chi connectivity index (χ2v) is 4.06. The van der Waals surface area contributed by atoms with Crippen molar-refractivity contribution in [2.45, 2.75) is 13.1 Å². The van der Waals surface area contributed by atoms with Crippen LogP contribution in [-0.4, -0.2) is 17.9 Å². The minimum atomic E-state index is -0.276. The zero-order chi connectivity index (χ0) is 12.3. The van der Waals surface area contributed by atoms with Crippen molar-refractivity contribution in [2.75, 3.05) is 6.61 Å². The average molecular weight is 249 g/mol. The number of benzene rings is 1. The predicted molar refractivity (Wildman–Crippen MR) is 72.4 cm³/mol. The van der Waals surface area contributed by atoms with Crippen LogP contribution in [0.25, 0.3) is 5.57 Å². The van der Waals surface area contributed by atoms with Crippen LogP contribution in [0.5, 0.6) is 5.75 Å². The van der Waals surface area contributed by atoms with E-state index in [1.54, 1.807) is 0 Å². The summed E-state index contributed by atoms with van der Waals surface area (Å²) in [6, 6.07) is 7.82. The molecular formula is C12H15N3OS. The normalized spacial score (nSPS) is 19.1. The molecule has 1 unspecified atom stereocenters. The van der Waals surface area contributed by atoms with Crippen molar-refractivity contribution in [1.82, 2.24) is 10.6 Å². The molecule has 0 spiro atoms. The number of ether oxygens (including phenoxy) is 1. The van der Waals surface area contributed by atoms with E-state index in [9.17, 15) is 0 Å². The Kier molecular flexibility index (Phi) is 3.61. The van der Waals surface area contributed by atoms with E-state index in [2.05, 4.69) is 10.6 Å². The monoisotopic (exact) mass is 249 g/mol. The number of rotatable bonds is 3. The molecule has 0 bridgehead atoms. The van der Waals surface area contributed by atoms with E-state index in [0.717, 1.165) is 16.9 Å². The van der Waals surface area contributed by atoms with Gasteiger partial charge in [0, 0.05) is 11.8 Å². The van der Waals surface area contributed by atoms with Crippen LogP contribution in [0.3, 0.4) is 0 Å². The summed E-state index contributed by atoms with van der Waals surface area (Å²) < 4.78 is 5.39. The fourth-order valence-electron chi connectivity index (χ4n) is 1.67. The van der Waals surface area contributed by atoms with Crippen LogP contribution in [-0.2, 0) is 0 Å². The van der Waals surface area contributed by atoms with Crippen molar-refractivity contribution in [1.29, 1.82) is 0 Å². The predicted octanol–water partition coefficient (Wildman–Crippen LogP) is 1.19. The van der Waals surface area contributed by atoms with E-state index in [-0.39, 0.29) is 6.17 Å². The standard InChI is InChI=1S/C12H15N3OS/c1-2-16-9-5-3-8(4-6-9)10-7-14-12(17)15-11(10)13/h3-7,11H,2,13H2,1H3,(H2,14,15,17). The first-order chi connectivity index (χ1) is 8.20. The highest BCUT2D eigenvalue weighted by molar-refractivity contribution is 7.80. The van der Waals surface area contributed by atoms with Gasteiger partial charge >= 0.3 is 0 Å². The molecule has 1 aliphatic heterocycles. The van der Waals surface area contributed by atoms with Crippen LogP contribution < -0.4 is 21.1 Å². The molecule has 2 rings (SSSR count). The van der Waals surface area contributed by atoms with Gasteiger partial charge in [-0.2, -0.15) is 0 Å². The van der Waals surface area contributed by atoms with Gasteiger partial charge in [0.2, 0.25) is 0 Å². The Bertz CT molecular complexity index is 442. The number of nitrogens with one attached hydrogen (secondary N) is 2. The lowest BCUT2D eigenvalue weighted by atomic mass is 10.0. The maximum Gasteiger partial charge on any atom is 0.171 e. The van der Waals surface area contributed by atoms with Gasteiger partial charge in [-0.15, -0.1) is 0 Å². The van der Waals surface area contributed by atoms with E-state index in [4.69, 9.17) is 22.7 Å². The van der Waals surface area contributed by atoms with Crippen molar-refractivity contribution < 1.29 is 4.74 Å². The fourth-order valence-corrected chi connectivity index (χ4v) is 1.85. The summed E-state index contributed by atoms with van der Waals surface area (Å²) in [6.45, 7) is 2.63. The molecule has 90 valence electrons. The van der Waals surface area contributed by atoms with Gasteiger partial charge in [0.15, 0.2) is 5.11 Å².